The van der Waals surface area contributed by atoms with Gasteiger partial charge in [0, 0.05) is 30.6 Å². The number of likely N-dealkylation sites (tertiary alicyclic amines) is 1. The largest absolute Gasteiger partial charge is 0.493 e. The van der Waals surface area contributed by atoms with E-state index in [4.69, 9.17) is 14.5 Å². The van der Waals surface area contributed by atoms with Crippen LogP contribution in [0.4, 0.5) is 0 Å². The Morgan fingerprint density at radius 3 is 2.89 bits per heavy atom. The summed E-state index contributed by atoms with van der Waals surface area (Å²) >= 11 is 1.59. The maximum atomic E-state index is 11.8. The molecule has 1 saturated carbocycles. The molecule has 7 heteroatoms. The number of nitrogens with zero attached hydrogens (tertiary/aromatic N) is 2. The van der Waals surface area contributed by atoms with E-state index in [0.717, 1.165) is 42.1 Å². The van der Waals surface area contributed by atoms with Crippen molar-refractivity contribution in [2.24, 2.45) is 11.3 Å². The second-order valence-corrected chi connectivity index (χ2v) is 8.29. The van der Waals surface area contributed by atoms with Gasteiger partial charge in [0.2, 0.25) is 0 Å². The van der Waals surface area contributed by atoms with Crippen LogP contribution >= 0.6 is 11.3 Å². The number of methoxy groups -OCH3 is 2. The van der Waals surface area contributed by atoms with Gasteiger partial charge in [-0.2, -0.15) is 0 Å². The van der Waals surface area contributed by atoms with E-state index in [-0.39, 0.29) is 5.92 Å². The smallest absolute Gasteiger partial charge is 0.311 e. The lowest BCUT2D eigenvalue weighted by Crippen LogP contribution is -2.35. The molecule has 144 valence electrons. The van der Waals surface area contributed by atoms with Crippen molar-refractivity contribution in [3.05, 3.63) is 29.3 Å². The minimum atomic E-state index is -0.628. The van der Waals surface area contributed by atoms with E-state index in [1.54, 1.807) is 25.6 Å². The lowest BCUT2D eigenvalue weighted by atomic mass is 9.81. The Balaban J connectivity index is 1.49. The first-order valence-corrected chi connectivity index (χ1v) is 10.1. The molecule has 0 unspecified atom stereocenters. The summed E-state index contributed by atoms with van der Waals surface area (Å²) < 4.78 is 10.7. The van der Waals surface area contributed by atoms with Crippen molar-refractivity contribution in [1.29, 1.82) is 0 Å². The molecule has 6 nitrogen and oxygen atoms in total. The second-order valence-electron chi connectivity index (χ2n) is 7.43. The molecule has 27 heavy (non-hydrogen) atoms. The summed E-state index contributed by atoms with van der Waals surface area (Å²) in [6.45, 7) is 2.20. The molecule has 0 spiro atoms. The monoisotopic (exact) mass is 388 g/mol. The molecule has 1 aromatic heterocycles. The van der Waals surface area contributed by atoms with E-state index in [1.165, 1.54) is 0 Å². The van der Waals surface area contributed by atoms with Gasteiger partial charge in [-0.3, -0.25) is 9.69 Å². The van der Waals surface area contributed by atoms with E-state index in [9.17, 15) is 9.90 Å². The summed E-state index contributed by atoms with van der Waals surface area (Å²) in [4.78, 5) is 18.9. The quantitative estimate of drug-likeness (QED) is 0.816. The average molecular weight is 388 g/mol. The van der Waals surface area contributed by atoms with Crippen LogP contribution in [-0.4, -0.2) is 48.3 Å². The third-order valence-electron chi connectivity index (χ3n) is 5.94. The van der Waals surface area contributed by atoms with E-state index in [0.29, 0.717) is 24.6 Å². The molecule has 1 aliphatic carbocycles. The highest BCUT2D eigenvalue weighted by molar-refractivity contribution is 7.13. The molecule has 1 aromatic carbocycles. The minimum Gasteiger partial charge on any atom is -0.493 e. The molecule has 2 aliphatic rings. The van der Waals surface area contributed by atoms with Gasteiger partial charge in [0.05, 0.1) is 25.3 Å². The van der Waals surface area contributed by atoms with Gasteiger partial charge in [-0.15, -0.1) is 11.3 Å². The SMILES string of the molecule is COc1ccc(-c2nc(CN3C[C@@H]4CCC[C@@]4(C(=O)O)C3)cs2)cc1OC. The Morgan fingerprint density at radius 2 is 2.19 bits per heavy atom. The molecule has 0 amide bonds. The Bertz CT molecular complexity index is 852. The van der Waals surface area contributed by atoms with Crippen LogP contribution in [0, 0.1) is 11.3 Å². The molecule has 2 atom stereocenters. The van der Waals surface area contributed by atoms with Gasteiger partial charge < -0.3 is 14.6 Å². The number of benzene rings is 1. The van der Waals surface area contributed by atoms with Gasteiger partial charge in [-0.25, -0.2) is 4.98 Å². The minimum absolute atomic E-state index is 0.277. The lowest BCUT2D eigenvalue weighted by Gasteiger charge is -2.23. The fraction of sp³-hybridized carbons (Fsp3) is 0.500. The van der Waals surface area contributed by atoms with E-state index >= 15 is 0 Å². The number of aliphatic carboxylic acids is 1. The standard InChI is InChI=1S/C20H24N2O4S/c1-25-16-6-5-13(8-17(16)26-2)18-21-15(11-27-18)10-22-9-14-4-3-7-20(14,12-22)19(23)24/h5-6,8,11,14H,3-4,7,9-10,12H2,1-2H3,(H,23,24)/t14-,20+/m0/s1. The number of thiazole rings is 1. The van der Waals surface area contributed by atoms with E-state index < -0.39 is 11.4 Å². The van der Waals surface area contributed by atoms with Gasteiger partial charge in [0.15, 0.2) is 11.5 Å². The first-order valence-electron chi connectivity index (χ1n) is 9.18. The molecule has 0 radical (unpaired) electrons. The first-order chi connectivity index (χ1) is 13.1. The number of carboxylic acid groups (broad SMARTS) is 1. The van der Waals surface area contributed by atoms with Crippen molar-refractivity contribution in [2.45, 2.75) is 25.8 Å². The zero-order chi connectivity index (χ0) is 19.0. The molecule has 1 aliphatic heterocycles. The summed E-state index contributed by atoms with van der Waals surface area (Å²) in [7, 11) is 3.24. The number of fused-ring (bicyclic) bond motifs is 1. The number of aromatic nitrogens is 1. The van der Waals surface area contributed by atoms with Crippen molar-refractivity contribution < 1.29 is 19.4 Å². The van der Waals surface area contributed by atoms with E-state index in [1.807, 2.05) is 18.2 Å². The van der Waals surface area contributed by atoms with Crippen LogP contribution < -0.4 is 9.47 Å². The van der Waals surface area contributed by atoms with E-state index in [2.05, 4.69) is 10.3 Å². The summed E-state index contributed by atoms with van der Waals surface area (Å²) in [5.41, 5.74) is 1.44. The molecule has 4 rings (SSSR count). The average Bonchev–Trinajstić information content (AvgIpc) is 3.36. The molecule has 2 aromatic rings. The van der Waals surface area contributed by atoms with Gasteiger partial charge in [0.1, 0.15) is 5.01 Å². The Kier molecular flexibility index (Phi) is 4.82. The van der Waals surface area contributed by atoms with Crippen LogP contribution in [0.5, 0.6) is 11.5 Å². The molecule has 1 saturated heterocycles. The number of hydrogen-bond acceptors (Lipinski definition) is 6. The summed E-state index contributed by atoms with van der Waals surface area (Å²) in [6, 6.07) is 5.79. The number of ether oxygens (including phenoxy) is 2. The van der Waals surface area contributed by atoms with Crippen LogP contribution in [-0.2, 0) is 11.3 Å². The molecular formula is C20H24N2O4S. The fourth-order valence-corrected chi connectivity index (χ4v) is 5.38. The summed E-state index contributed by atoms with van der Waals surface area (Å²) in [5, 5.41) is 12.7. The highest BCUT2D eigenvalue weighted by Crippen LogP contribution is 2.49. The second kappa shape index (κ2) is 7.13. The van der Waals surface area contributed by atoms with Gasteiger partial charge in [-0.05, 0) is 37.0 Å². The van der Waals surface area contributed by atoms with Crippen LogP contribution in [0.15, 0.2) is 23.6 Å². The predicted molar refractivity (Wildman–Crippen MR) is 103 cm³/mol. The fourth-order valence-electron chi connectivity index (χ4n) is 4.57. The van der Waals surface area contributed by atoms with Crippen LogP contribution in [0.1, 0.15) is 25.0 Å². The summed E-state index contributed by atoms with van der Waals surface area (Å²) in [5.74, 6) is 1.03. The van der Waals surface area contributed by atoms with Crippen LogP contribution in [0.2, 0.25) is 0 Å². The Labute approximate surface area is 162 Å². The van der Waals surface area contributed by atoms with Gasteiger partial charge >= 0.3 is 5.97 Å². The molecular weight excluding hydrogens is 364 g/mol. The van der Waals surface area contributed by atoms with Crippen molar-refractivity contribution in [3.63, 3.8) is 0 Å². The topological polar surface area (TPSA) is 71.9 Å². The highest BCUT2D eigenvalue weighted by atomic mass is 32.1. The van der Waals surface area contributed by atoms with Crippen molar-refractivity contribution in [1.82, 2.24) is 9.88 Å². The first kappa shape index (κ1) is 18.3. The van der Waals surface area contributed by atoms with Gasteiger partial charge in [0.25, 0.3) is 0 Å². The number of carbonyl (C=O) groups is 1. The predicted octanol–water partition coefficient (Wildman–Crippen LogP) is 3.51. The van der Waals surface area contributed by atoms with Crippen LogP contribution in [0.25, 0.3) is 10.6 Å². The number of carboxylic acids is 1. The highest BCUT2D eigenvalue weighted by Gasteiger charge is 2.54. The van der Waals surface area contributed by atoms with Crippen molar-refractivity contribution >= 4 is 17.3 Å². The zero-order valence-electron chi connectivity index (χ0n) is 15.6. The maximum Gasteiger partial charge on any atom is 0.311 e. The third-order valence-corrected chi connectivity index (χ3v) is 6.88. The van der Waals surface area contributed by atoms with Crippen molar-refractivity contribution in [3.8, 4) is 22.1 Å². The maximum absolute atomic E-state index is 11.8. The van der Waals surface area contributed by atoms with Gasteiger partial charge in [-0.1, -0.05) is 6.42 Å². The molecule has 2 heterocycles. The zero-order valence-corrected chi connectivity index (χ0v) is 16.4. The number of rotatable bonds is 6. The molecule has 0 bridgehead atoms. The third kappa shape index (κ3) is 3.19. The Hall–Kier alpha value is -2.12. The van der Waals surface area contributed by atoms with Crippen LogP contribution in [0.3, 0.4) is 0 Å². The van der Waals surface area contributed by atoms with Crippen molar-refractivity contribution in [2.75, 3.05) is 27.3 Å². The normalized spacial score (nSPS) is 24.7. The Morgan fingerprint density at radius 1 is 1.37 bits per heavy atom. The molecule has 1 N–H and O–H groups in total. The number of hydrogen-bond donors (Lipinski definition) is 1. The summed E-state index contributed by atoms with van der Waals surface area (Å²) in [6.07, 6.45) is 2.86. The molecule has 2 fully saturated rings. The lowest BCUT2D eigenvalue weighted by molar-refractivity contribution is -0.149.